The lowest BCUT2D eigenvalue weighted by molar-refractivity contribution is 0.224. The predicted molar refractivity (Wildman–Crippen MR) is 91.1 cm³/mol. The zero-order valence-electron chi connectivity index (χ0n) is 13.6. The zero-order valence-corrected chi connectivity index (χ0v) is 13.6. The highest BCUT2D eigenvalue weighted by Gasteiger charge is 2.22. The Morgan fingerprint density at radius 3 is 2.91 bits per heavy atom. The van der Waals surface area contributed by atoms with E-state index in [2.05, 4.69) is 20.3 Å². The van der Waals surface area contributed by atoms with Crippen LogP contribution in [0.25, 0.3) is 11.3 Å². The molecule has 0 bridgehead atoms. The summed E-state index contributed by atoms with van der Waals surface area (Å²) in [7, 11) is 0. The molecule has 23 heavy (non-hydrogen) atoms. The van der Waals surface area contributed by atoms with Crippen molar-refractivity contribution in [1.29, 1.82) is 0 Å². The molecule has 122 valence electrons. The van der Waals surface area contributed by atoms with E-state index in [1.807, 2.05) is 31.3 Å². The van der Waals surface area contributed by atoms with E-state index in [4.69, 9.17) is 5.11 Å². The third-order valence-electron chi connectivity index (χ3n) is 4.52. The van der Waals surface area contributed by atoms with Crippen LogP contribution in [0.3, 0.4) is 0 Å². The van der Waals surface area contributed by atoms with Gasteiger partial charge < -0.3 is 10.4 Å². The second-order valence-electron chi connectivity index (χ2n) is 6.34. The number of pyridine rings is 1. The fourth-order valence-electron chi connectivity index (χ4n) is 3.26. The maximum absolute atomic E-state index is 9.13. The Balaban J connectivity index is 1.69. The molecule has 0 spiro atoms. The molecule has 2 aromatic heterocycles. The fourth-order valence-corrected chi connectivity index (χ4v) is 3.26. The molecule has 2 N–H and O–H groups in total. The van der Waals surface area contributed by atoms with Gasteiger partial charge in [-0.3, -0.25) is 4.98 Å². The van der Waals surface area contributed by atoms with Crippen molar-refractivity contribution in [2.24, 2.45) is 5.92 Å². The van der Waals surface area contributed by atoms with Crippen LogP contribution in [0.4, 0.5) is 5.95 Å². The minimum Gasteiger partial charge on any atom is -0.396 e. The van der Waals surface area contributed by atoms with Crippen LogP contribution in [0.1, 0.15) is 37.8 Å². The van der Waals surface area contributed by atoms with Crippen molar-refractivity contribution < 1.29 is 5.11 Å². The second-order valence-corrected chi connectivity index (χ2v) is 6.34. The van der Waals surface area contributed by atoms with Crippen molar-refractivity contribution in [2.45, 2.75) is 45.1 Å². The normalized spacial score (nSPS) is 21.1. The number of hydrogen-bond acceptors (Lipinski definition) is 5. The van der Waals surface area contributed by atoms with Crippen LogP contribution in [0.5, 0.6) is 0 Å². The van der Waals surface area contributed by atoms with Gasteiger partial charge >= 0.3 is 0 Å². The van der Waals surface area contributed by atoms with Crippen LogP contribution in [-0.4, -0.2) is 32.7 Å². The van der Waals surface area contributed by atoms with Crippen LogP contribution >= 0.6 is 0 Å². The molecule has 1 fully saturated rings. The Labute approximate surface area is 137 Å². The molecule has 1 aliphatic carbocycles. The Kier molecular flexibility index (Phi) is 5.18. The summed E-state index contributed by atoms with van der Waals surface area (Å²) in [4.78, 5) is 13.3. The average Bonchev–Trinajstić information content (AvgIpc) is 2.56. The minimum absolute atomic E-state index is 0.282. The molecule has 1 aliphatic rings. The molecule has 1 saturated carbocycles. The van der Waals surface area contributed by atoms with E-state index >= 15 is 0 Å². The average molecular weight is 312 g/mol. The first kappa shape index (κ1) is 15.9. The molecule has 3 rings (SSSR count). The van der Waals surface area contributed by atoms with E-state index in [1.165, 1.54) is 12.8 Å². The van der Waals surface area contributed by atoms with E-state index in [9.17, 15) is 0 Å². The summed E-state index contributed by atoms with van der Waals surface area (Å²) < 4.78 is 0. The summed E-state index contributed by atoms with van der Waals surface area (Å²) >= 11 is 0. The van der Waals surface area contributed by atoms with E-state index in [0.717, 1.165) is 36.2 Å². The maximum Gasteiger partial charge on any atom is 0.223 e. The van der Waals surface area contributed by atoms with Gasteiger partial charge in [0.15, 0.2) is 0 Å². The number of aromatic nitrogens is 3. The molecule has 2 heterocycles. The second kappa shape index (κ2) is 7.51. The van der Waals surface area contributed by atoms with Gasteiger partial charge in [0.05, 0.1) is 5.69 Å². The standard InChI is InChI=1S/C18H24N4O/c1-13-5-6-15(12-20-13)17-7-9-19-18(22-17)21-16-4-2-3-14(11-16)8-10-23/h5-7,9,12,14,16,23H,2-4,8,10-11H2,1H3,(H,19,21,22). The van der Waals surface area contributed by atoms with Crippen molar-refractivity contribution in [2.75, 3.05) is 11.9 Å². The van der Waals surface area contributed by atoms with Crippen molar-refractivity contribution in [1.82, 2.24) is 15.0 Å². The molecule has 5 nitrogen and oxygen atoms in total. The highest BCUT2D eigenvalue weighted by atomic mass is 16.3. The van der Waals surface area contributed by atoms with Gasteiger partial charge in [0.1, 0.15) is 0 Å². The molecule has 0 saturated heterocycles. The van der Waals surface area contributed by atoms with Gasteiger partial charge in [0, 0.05) is 36.3 Å². The summed E-state index contributed by atoms with van der Waals surface area (Å²) in [5.74, 6) is 1.29. The highest BCUT2D eigenvalue weighted by molar-refractivity contribution is 5.58. The largest absolute Gasteiger partial charge is 0.396 e. The van der Waals surface area contributed by atoms with Crippen molar-refractivity contribution in [3.8, 4) is 11.3 Å². The van der Waals surface area contributed by atoms with Gasteiger partial charge in [-0.05, 0) is 50.3 Å². The van der Waals surface area contributed by atoms with E-state index in [-0.39, 0.29) is 6.61 Å². The SMILES string of the molecule is Cc1ccc(-c2ccnc(NC3CCCC(CCO)C3)n2)cn1. The van der Waals surface area contributed by atoms with Gasteiger partial charge in [-0.25, -0.2) is 9.97 Å². The smallest absolute Gasteiger partial charge is 0.223 e. The van der Waals surface area contributed by atoms with Gasteiger partial charge in [0.2, 0.25) is 5.95 Å². The van der Waals surface area contributed by atoms with Crippen molar-refractivity contribution in [3.63, 3.8) is 0 Å². The molecule has 2 atom stereocenters. The highest BCUT2D eigenvalue weighted by Crippen LogP contribution is 2.28. The monoisotopic (exact) mass is 312 g/mol. The van der Waals surface area contributed by atoms with Crippen molar-refractivity contribution >= 4 is 5.95 Å². The molecule has 5 heteroatoms. The number of aliphatic hydroxyl groups is 1. The van der Waals surface area contributed by atoms with E-state index < -0.39 is 0 Å². The van der Waals surface area contributed by atoms with Gasteiger partial charge in [-0.15, -0.1) is 0 Å². The lowest BCUT2D eigenvalue weighted by atomic mass is 9.84. The first-order chi connectivity index (χ1) is 11.2. The molecule has 0 aliphatic heterocycles. The summed E-state index contributed by atoms with van der Waals surface area (Å²) in [5.41, 5.74) is 2.89. The molecular weight excluding hydrogens is 288 g/mol. The Morgan fingerprint density at radius 2 is 2.13 bits per heavy atom. The zero-order chi connectivity index (χ0) is 16.1. The van der Waals surface area contributed by atoms with Crippen LogP contribution in [0, 0.1) is 12.8 Å². The third-order valence-corrected chi connectivity index (χ3v) is 4.52. The van der Waals surface area contributed by atoms with Gasteiger partial charge in [0.25, 0.3) is 0 Å². The van der Waals surface area contributed by atoms with E-state index in [1.54, 1.807) is 6.20 Å². The Bertz CT molecular complexity index is 627. The molecule has 2 unspecified atom stereocenters. The van der Waals surface area contributed by atoms with Crippen LogP contribution < -0.4 is 5.32 Å². The van der Waals surface area contributed by atoms with Crippen LogP contribution in [-0.2, 0) is 0 Å². The quantitative estimate of drug-likeness (QED) is 0.887. The van der Waals surface area contributed by atoms with Gasteiger partial charge in [-0.2, -0.15) is 0 Å². The first-order valence-corrected chi connectivity index (χ1v) is 8.38. The first-order valence-electron chi connectivity index (χ1n) is 8.38. The number of rotatable bonds is 5. The van der Waals surface area contributed by atoms with Crippen LogP contribution in [0.15, 0.2) is 30.6 Å². The number of nitrogens with one attached hydrogen (secondary N) is 1. The molecule has 0 radical (unpaired) electrons. The lowest BCUT2D eigenvalue weighted by Crippen LogP contribution is -2.28. The molecule has 0 amide bonds. The topological polar surface area (TPSA) is 70.9 Å². The molecular formula is C18H24N4O. The summed E-state index contributed by atoms with van der Waals surface area (Å²) in [6.07, 6.45) is 9.17. The van der Waals surface area contributed by atoms with Crippen LogP contribution in [0.2, 0.25) is 0 Å². The number of nitrogens with zero attached hydrogens (tertiary/aromatic N) is 3. The number of hydrogen-bond donors (Lipinski definition) is 2. The summed E-state index contributed by atoms with van der Waals surface area (Å²) in [5, 5.41) is 12.6. The van der Waals surface area contributed by atoms with Crippen molar-refractivity contribution in [3.05, 3.63) is 36.3 Å². The predicted octanol–water partition coefficient (Wildman–Crippen LogP) is 3.20. The molecule has 0 aromatic carbocycles. The Hall–Kier alpha value is -2.01. The van der Waals surface area contributed by atoms with E-state index in [0.29, 0.717) is 17.9 Å². The lowest BCUT2D eigenvalue weighted by Gasteiger charge is -2.29. The minimum atomic E-state index is 0.282. The number of aliphatic hydroxyl groups excluding tert-OH is 1. The third kappa shape index (κ3) is 4.26. The number of aryl methyl sites for hydroxylation is 1. The fraction of sp³-hybridized carbons (Fsp3) is 0.500. The van der Waals surface area contributed by atoms with Gasteiger partial charge in [-0.1, -0.05) is 12.8 Å². The number of anilines is 1. The summed E-state index contributed by atoms with van der Waals surface area (Å²) in [6.45, 7) is 2.26. The Morgan fingerprint density at radius 1 is 1.22 bits per heavy atom. The summed E-state index contributed by atoms with van der Waals surface area (Å²) in [6, 6.07) is 6.33. The molecule has 2 aromatic rings. The maximum atomic E-state index is 9.13.